The first-order valence-corrected chi connectivity index (χ1v) is 9.80. The fourth-order valence-electron chi connectivity index (χ4n) is 3.99. The number of aliphatic carboxylic acids is 1. The summed E-state index contributed by atoms with van der Waals surface area (Å²) in [5.41, 5.74) is 2.53. The number of halogens is 3. The highest BCUT2D eigenvalue weighted by molar-refractivity contribution is 5.80. The topological polar surface area (TPSA) is 70.1 Å². The number of rotatable bonds is 4. The van der Waals surface area contributed by atoms with E-state index in [1.165, 1.54) is 12.0 Å². The minimum absolute atomic E-state index is 0.185. The summed E-state index contributed by atoms with van der Waals surface area (Å²) in [7, 11) is 3.98. The molecule has 2 fully saturated rings. The van der Waals surface area contributed by atoms with Gasteiger partial charge < -0.3 is 14.7 Å². The summed E-state index contributed by atoms with van der Waals surface area (Å²) in [5, 5.41) is 7.12. The fourth-order valence-corrected chi connectivity index (χ4v) is 3.99. The largest absolute Gasteiger partial charge is 0.490 e. The number of aryl methyl sites for hydroxylation is 1. The molecule has 9 heteroatoms. The molecule has 2 aliphatic rings. The van der Waals surface area contributed by atoms with Crippen LogP contribution in [0.2, 0.25) is 0 Å². The fraction of sp³-hybridized carbons (Fsp3) is 0.619. The molecular weight excluding hydrogens is 401 g/mol. The zero-order valence-corrected chi connectivity index (χ0v) is 17.5. The molecule has 168 valence electrons. The number of amides is 1. The number of methoxy groups -OCH3 is 1. The van der Waals surface area contributed by atoms with Crippen molar-refractivity contribution in [1.82, 2.24) is 9.80 Å². The average Bonchev–Trinajstić information content (AvgIpc) is 2.63. The summed E-state index contributed by atoms with van der Waals surface area (Å²) in [6, 6.07) is 8.27. The highest BCUT2D eigenvalue weighted by Gasteiger charge is 2.50. The normalized spacial score (nSPS) is 20.9. The molecule has 0 bridgehead atoms. The second-order valence-electron chi connectivity index (χ2n) is 8.18. The van der Waals surface area contributed by atoms with E-state index in [0.29, 0.717) is 12.3 Å². The standard InChI is InChI=1S/C19H28N2O2.C2HF3O2/c1-15-4-6-16(7-5-15)10-18(22)21-13-19(14-21)11-17(12-23-3)8-9-20(19)2;3-2(4,5)1(6)7/h4-7,17H,8-14H2,1-3H3;(H,6,7). The van der Waals surface area contributed by atoms with E-state index in [2.05, 4.69) is 43.1 Å². The maximum Gasteiger partial charge on any atom is 0.490 e. The molecule has 0 radical (unpaired) electrons. The van der Waals surface area contributed by atoms with Crippen LogP contribution >= 0.6 is 0 Å². The first-order valence-electron chi connectivity index (χ1n) is 9.80. The number of alkyl halides is 3. The van der Waals surface area contributed by atoms with Crippen molar-refractivity contribution in [2.24, 2.45) is 5.92 Å². The maximum absolute atomic E-state index is 12.5. The van der Waals surface area contributed by atoms with Gasteiger partial charge in [-0.1, -0.05) is 29.8 Å². The smallest absolute Gasteiger partial charge is 0.475 e. The Hall–Kier alpha value is -2.13. The molecule has 1 atom stereocenters. The second-order valence-corrected chi connectivity index (χ2v) is 8.18. The molecule has 1 N–H and O–H groups in total. The lowest BCUT2D eigenvalue weighted by atomic mass is 9.75. The number of nitrogens with zero attached hydrogens (tertiary/aromatic N) is 2. The van der Waals surface area contributed by atoms with E-state index in [4.69, 9.17) is 14.6 Å². The van der Waals surface area contributed by atoms with E-state index in [-0.39, 0.29) is 11.4 Å². The van der Waals surface area contributed by atoms with Crippen molar-refractivity contribution in [3.63, 3.8) is 0 Å². The van der Waals surface area contributed by atoms with Crippen LogP contribution in [-0.4, -0.2) is 78.9 Å². The van der Waals surface area contributed by atoms with Gasteiger partial charge in [0.2, 0.25) is 5.91 Å². The van der Waals surface area contributed by atoms with Gasteiger partial charge in [0.05, 0.1) is 12.0 Å². The molecule has 1 unspecified atom stereocenters. The van der Waals surface area contributed by atoms with Gasteiger partial charge in [0.15, 0.2) is 0 Å². The van der Waals surface area contributed by atoms with Crippen LogP contribution in [0.25, 0.3) is 0 Å². The number of carboxylic acids is 1. The number of benzene rings is 1. The highest BCUT2D eigenvalue weighted by atomic mass is 19.4. The number of carbonyl (C=O) groups excluding carboxylic acids is 1. The Kier molecular flexibility index (Phi) is 7.87. The Morgan fingerprint density at radius 3 is 2.30 bits per heavy atom. The van der Waals surface area contributed by atoms with Crippen LogP contribution < -0.4 is 0 Å². The van der Waals surface area contributed by atoms with Gasteiger partial charge in [0.1, 0.15) is 0 Å². The lowest BCUT2D eigenvalue weighted by molar-refractivity contribution is -0.192. The first-order chi connectivity index (χ1) is 14.0. The third-order valence-electron chi connectivity index (χ3n) is 5.80. The van der Waals surface area contributed by atoms with E-state index >= 15 is 0 Å². The SMILES string of the molecule is COCC1CCN(C)C2(C1)CN(C(=O)Cc1ccc(C)cc1)C2.O=C(O)C(F)(F)F. The van der Waals surface area contributed by atoms with E-state index in [9.17, 15) is 18.0 Å². The number of carboxylic acid groups (broad SMARTS) is 1. The maximum atomic E-state index is 12.5. The molecule has 6 nitrogen and oxygen atoms in total. The third kappa shape index (κ3) is 6.18. The van der Waals surface area contributed by atoms with Crippen molar-refractivity contribution < 1.29 is 32.6 Å². The second kappa shape index (κ2) is 9.78. The number of likely N-dealkylation sites (tertiary alicyclic amines) is 2. The summed E-state index contributed by atoms with van der Waals surface area (Å²) >= 11 is 0. The number of piperidine rings is 1. The minimum atomic E-state index is -5.08. The zero-order valence-electron chi connectivity index (χ0n) is 17.5. The van der Waals surface area contributed by atoms with Crippen LogP contribution in [0, 0.1) is 12.8 Å². The Balaban J connectivity index is 0.000000396. The van der Waals surface area contributed by atoms with Crippen molar-refractivity contribution in [3.05, 3.63) is 35.4 Å². The molecule has 1 aromatic rings. The predicted octanol–water partition coefficient (Wildman–Crippen LogP) is 2.74. The molecule has 2 heterocycles. The number of ether oxygens (including phenoxy) is 1. The number of carbonyl (C=O) groups is 2. The molecule has 1 spiro atoms. The molecular formula is C21H29F3N2O4. The van der Waals surface area contributed by atoms with Crippen LogP contribution in [0.15, 0.2) is 24.3 Å². The monoisotopic (exact) mass is 430 g/mol. The molecule has 0 aliphatic carbocycles. The van der Waals surface area contributed by atoms with Crippen molar-refractivity contribution >= 4 is 11.9 Å². The Labute approximate surface area is 174 Å². The van der Waals surface area contributed by atoms with Gasteiger partial charge in [-0.2, -0.15) is 13.2 Å². The van der Waals surface area contributed by atoms with Crippen LogP contribution in [0.5, 0.6) is 0 Å². The van der Waals surface area contributed by atoms with E-state index in [1.807, 2.05) is 4.90 Å². The van der Waals surface area contributed by atoms with Gasteiger partial charge in [-0.25, -0.2) is 4.79 Å². The van der Waals surface area contributed by atoms with E-state index in [0.717, 1.165) is 38.2 Å². The van der Waals surface area contributed by atoms with Gasteiger partial charge in [-0.05, 0) is 44.8 Å². The zero-order chi connectivity index (χ0) is 22.5. The Bertz CT molecular complexity index is 731. The van der Waals surface area contributed by atoms with Gasteiger partial charge in [0.25, 0.3) is 0 Å². The van der Waals surface area contributed by atoms with Gasteiger partial charge in [-0.3, -0.25) is 9.69 Å². The van der Waals surface area contributed by atoms with E-state index < -0.39 is 12.1 Å². The summed E-state index contributed by atoms with van der Waals surface area (Å²) in [5.74, 6) is -1.88. The third-order valence-corrected chi connectivity index (χ3v) is 5.80. The summed E-state index contributed by atoms with van der Waals surface area (Å²) in [6.45, 7) is 5.75. The van der Waals surface area contributed by atoms with Crippen LogP contribution in [0.1, 0.15) is 24.0 Å². The number of likely N-dealkylation sites (N-methyl/N-ethyl adjacent to an activating group) is 1. The van der Waals surface area contributed by atoms with Gasteiger partial charge >= 0.3 is 12.1 Å². The van der Waals surface area contributed by atoms with Crippen LogP contribution in [-0.2, 0) is 20.7 Å². The van der Waals surface area contributed by atoms with Crippen molar-refractivity contribution in [2.45, 2.75) is 37.9 Å². The lowest BCUT2D eigenvalue weighted by Gasteiger charge is -2.58. The lowest BCUT2D eigenvalue weighted by Crippen LogP contribution is -2.72. The minimum Gasteiger partial charge on any atom is -0.475 e. The quantitative estimate of drug-likeness (QED) is 0.796. The summed E-state index contributed by atoms with van der Waals surface area (Å²) in [4.78, 5) is 25.9. The number of hydrogen-bond donors (Lipinski definition) is 1. The molecule has 0 aromatic heterocycles. The molecule has 2 aliphatic heterocycles. The van der Waals surface area contributed by atoms with Crippen molar-refractivity contribution in [1.29, 1.82) is 0 Å². The van der Waals surface area contributed by atoms with Gasteiger partial charge in [-0.15, -0.1) is 0 Å². The summed E-state index contributed by atoms with van der Waals surface area (Å²) < 4.78 is 37.1. The Morgan fingerprint density at radius 1 is 1.23 bits per heavy atom. The molecule has 30 heavy (non-hydrogen) atoms. The average molecular weight is 430 g/mol. The Morgan fingerprint density at radius 2 is 1.80 bits per heavy atom. The number of hydrogen-bond acceptors (Lipinski definition) is 4. The van der Waals surface area contributed by atoms with Crippen LogP contribution in [0.3, 0.4) is 0 Å². The van der Waals surface area contributed by atoms with Crippen molar-refractivity contribution in [3.8, 4) is 0 Å². The molecule has 2 saturated heterocycles. The summed E-state index contributed by atoms with van der Waals surface area (Å²) in [6.07, 6.45) is -2.23. The molecule has 0 saturated carbocycles. The first kappa shape index (κ1) is 24.1. The van der Waals surface area contributed by atoms with Gasteiger partial charge in [0, 0.05) is 26.8 Å². The molecule has 3 rings (SSSR count). The molecule has 1 amide bonds. The van der Waals surface area contributed by atoms with Crippen LogP contribution in [0.4, 0.5) is 13.2 Å². The van der Waals surface area contributed by atoms with Crippen molar-refractivity contribution in [2.75, 3.05) is 40.4 Å². The molecule has 1 aromatic carbocycles. The highest BCUT2D eigenvalue weighted by Crippen LogP contribution is 2.38. The van der Waals surface area contributed by atoms with E-state index in [1.54, 1.807) is 7.11 Å². The predicted molar refractivity (Wildman–Crippen MR) is 105 cm³/mol.